The maximum Gasteiger partial charge on any atom is 1.00 e. The Balaban J connectivity index is -0.000000405. The minimum absolute atomic E-state index is 0. The van der Waals surface area contributed by atoms with E-state index in [9.17, 15) is 9.59 Å². The quantitative estimate of drug-likeness (QED) is 0.157. The van der Waals surface area contributed by atoms with Crippen molar-refractivity contribution in [2.75, 3.05) is 6.61 Å². The Morgan fingerprint density at radius 3 is 2.27 bits per heavy atom. The average Bonchev–Trinajstić information content (AvgIpc) is 1.87. The van der Waals surface area contributed by atoms with Crippen molar-refractivity contribution in [3.63, 3.8) is 0 Å². The van der Waals surface area contributed by atoms with Crippen LogP contribution in [0.4, 0.5) is 0 Å². The first-order valence-corrected chi connectivity index (χ1v) is 2.96. The van der Waals surface area contributed by atoms with E-state index in [1.54, 1.807) is 6.92 Å². The van der Waals surface area contributed by atoms with Crippen LogP contribution in [0.2, 0.25) is 0 Å². The number of Topliss-reactive ketones (excluding diaryl/α,β-unsaturated/α-hetero) is 1. The summed E-state index contributed by atoms with van der Waals surface area (Å²) in [5, 5.41) is 0. The number of carbonyl (C=O) groups excluding carboxylic acids is 2. The van der Waals surface area contributed by atoms with Gasteiger partial charge in [0.05, 0.1) is 12.2 Å². The number of ketones is 1. The van der Waals surface area contributed by atoms with E-state index in [0.717, 1.165) is 0 Å². The molecule has 0 amide bonds. The van der Waals surface area contributed by atoms with Crippen molar-refractivity contribution in [2.45, 2.75) is 13.8 Å². The van der Waals surface area contributed by atoms with Gasteiger partial charge in [0.15, 0.2) is 5.78 Å². The summed E-state index contributed by atoms with van der Waals surface area (Å²) in [5.41, 5.74) is -0.0955. The summed E-state index contributed by atoms with van der Waals surface area (Å²) < 4.78 is 4.51. The van der Waals surface area contributed by atoms with E-state index in [-0.39, 0.29) is 48.9 Å². The summed E-state index contributed by atoms with van der Waals surface area (Å²) in [7, 11) is 0. The summed E-state index contributed by atoms with van der Waals surface area (Å²) in [6.07, 6.45) is 0. The predicted molar refractivity (Wildman–Crippen MR) is 37.6 cm³/mol. The summed E-state index contributed by atoms with van der Waals surface area (Å²) >= 11 is 0. The largest absolute Gasteiger partial charge is 1.00 e. The van der Waals surface area contributed by atoms with Crippen molar-refractivity contribution in [3.05, 3.63) is 12.2 Å². The molecule has 0 aliphatic rings. The Labute approximate surface area is 89.6 Å². The molecule has 0 aromatic rings. The smallest absolute Gasteiger partial charge is 1.00 e. The van der Waals surface area contributed by atoms with Crippen LogP contribution in [0, 0.1) is 0 Å². The molecule has 0 atom stereocenters. The van der Waals surface area contributed by atoms with Gasteiger partial charge in [-0.1, -0.05) is 6.58 Å². The summed E-state index contributed by atoms with van der Waals surface area (Å²) in [6.45, 7) is 6.47. The van der Waals surface area contributed by atoms with Crippen LogP contribution < -0.4 is 29.6 Å². The van der Waals surface area contributed by atoms with Crippen LogP contribution in [0.15, 0.2) is 12.2 Å². The van der Waals surface area contributed by atoms with E-state index in [0.29, 0.717) is 0 Å². The van der Waals surface area contributed by atoms with Gasteiger partial charge in [-0.05, 0) is 13.8 Å². The van der Waals surface area contributed by atoms with Crippen LogP contribution in [-0.2, 0) is 14.3 Å². The Hall–Kier alpha value is -0.120. The molecule has 0 saturated carbocycles. The second kappa shape index (κ2) is 6.58. The van der Waals surface area contributed by atoms with Gasteiger partial charge in [0.25, 0.3) is 0 Å². The van der Waals surface area contributed by atoms with Crippen LogP contribution in [0.3, 0.4) is 0 Å². The molecule has 0 aliphatic heterocycles. The molecule has 0 radical (unpaired) electrons. The molecule has 0 unspecified atom stereocenters. The van der Waals surface area contributed by atoms with Crippen LogP contribution >= 0.6 is 0 Å². The molecule has 0 bridgehead atoms. The van der Waals surface area contributed by atoms with Gasteiger partial charge in [-0.3, -0.25) is 4.79 Å². The standard InChI is InChI=1S/C7H10O3.Na.H/c1-4-10-7(9)5(2)6(3)8;;/h2,4H2,1,3H3;;/q;+1;-1. The van der Waals surface area contributed by atoms with Crippen molar-refractivity contribution in [2.24, 2.45) is 0 Å². The van der Waals surface area contributed by atoms with Gasteiger partial charge in [-0.2, -0.15) is 0 Å². The average molecular weight is 166 g/mol. The SMILES string of the molecule is C=C(C(C)=O)C(=O)OCC.[H-].[Na+]. The molecule has 0 aliphatic carbocycles. The zero-order chi connectivity index (χ0) is 8.15. The molecule has 0 heterocycles. The molecule has 0 saturated heterocycles. The number of hydrogen-bond acceptors (Lipinski definition) is 3. The predicted octanol–water partition coefficient (Wildman–Crippen LogP) is -2.19. The number of esters is 1. The monoisotopic (exact) mass is 166 g/mol. The van der Waals surface area contributed by atoms with Crippen LogP contribution in [0.5, 0.6) is 0 Å². The van der Waals surface area contributed by atoms with Crippen molar-refractivity contribution in [1.29, 1.82) is 0 Å². The fourth-order valence-corrected chi connectivity index (χ4v) is 0.362. The van der Waals surface area contributed by atoms with E-state index < -0.39 is 5.97 Å². The van der Waals surface area contributed by atoms with Crippen molar-refractivity contribution < 1.29 is 45.3 Å². The topological polar surface area (TPSA) is 43.4 Å². The Kier molecular flexibility index (Phi) is 8.06. The number of ether oxygens (including phenoxy) is 1. The summed E-state index contributed by atoms with van der Waals surface area (Å²) in [5.74, 6) is -0.978. The molecule has 3 nitrogen and oxygen atoms in total. The van der Waals surface area contributed by atoms with Crippen LogP contribution in [0.1, 0.15) is 15.3 Å². The summed E-state index contributed by atoms with van der Waals surface area (Å²) in [6, 6.07) is 0. The zero-order valence-electron chi connectivity index (χ0n) is 8.14. The van der Waals surface area contributed by atoms with E-state index in [2.05, 4.69) is 11.3 Å². The van der Waals surface area contributed by atoms with Gasteiger partial charge in [-0.25, -0.2) is 4.79 Å². The van der Waals surface area contributed by atoms with Gasteiger partial charge >= 0.3 is 35.5 Å². The summed E-state index contributed by atoms with van der Waals surface area (Å²) in [4.78, 5) is 21.1. The van der Waals surface area contributed by atoms with E-state index in [1.165, 1.54) is 6.92 Å². The van der Waals surface area contributed by atoms with Gasteiger partial charge in [0.2, 0.25) is 0 Å². The van der Waals surface area contributed by atoms with Gasteiger partial charge < -0.3 is 6.16 Å². The first-order chi connectivity index (χ1) is 4.59. The zero-order valence-corrected chi connectivity index (χ0v) is 9.14. The van der Waals surface area contributed by atoms with Crippen molar-refractivity contribution in [1.82, 2.24) is 0 Å². The first-order valence-electron chi connectivity index (χ1n) is 2.96. The Morgan fingerprint density at radius 1 is 1.55 bits per heavy atom. The third-order valence-electron chi connectivity index (χ3n) is 0.947. The number of carbonyl (C=O) groups is 2. The molecular formula is C7H11NaO3. The molecular weight excluding hydrogens is 155 g/mol. The fourth-order valence-electron chi connectivity index (χ4n) is 0.362. The molecule has 58 valence electrons. The second-order valence-electron chi connectivity index (χ2n) is 1.76. The molecule has 0 N–H and O–H groups in total. The minimum atomic E-state index is -0.630. The maximum absolute atomic E-state index is 10.6. The normalized spacial score (nSPS) is 7.82. The van der Waals surface area contributed by atoms with E-state index in [1.807, 2.05) is 0 Å². The van der Waals surface area contributed by atoms with Crippen molar-refractivity contribution in [3.8, 4) is 0 Å². The van der Waals surface area contributed by atoms with Crippen LogP contribution in [-0.4, -0.2) is 18.4 Å². The maximum atomic E-state index is 10.6. The van der Waals surface area contributed by atoms with Crippen LogP contribution in [0.25, 0.3) is 0 Å². The molecule has 0 aromatic carbocycles. The minimum Gasteiger partial charge on any atom is -1.00 e. The van der Waals surface area contributed by atoms with Gasteiger partial charge in [0, 0.05) is 0 Å². The van der Waals surface area contributed by atoms with E-state index >= 15 is 0 Å². The van der Waals surface area contributed by atoms with Gasteiger partial charge in [-0.15, -0.1) is 0 Å². The van der Waals surface area contributed by atoms with E-state index in [4.69, 9.17) is 0 Å². The Bertz CT molecular complexity index is 179. The molecule has 4 heteroatoms. The molecule has 11 heavy (non-hydrogen) atoms. The fraction of sp³-hybridized carbons (Fsp3) is 0.429. The third-order valence-corrected chi connectivity index (χ3v) is 0.947. The number of hydrogen-bond donors (Lipinski definition) is 0. The molecule has 0 aromatic heterocycles. The third kappa shape index (κ3) is 5.18. The Morgan fingerprint density at radius 2 is 2.00 bits per heavy atom. The molecule has 0 rings (SSSR count). The first kappa shape index (κ1) is 13.5. The number of rotatable bonds is 3. The molecule has 0 fully saturated rings. The van der Waals surface area contributed by atoms with Crippen molar-refractivity contribution >= 4 is 11.8 Å². The van der Waals surface area contributed by atoms with Gasteiger partial charge in [0.1, 0.15) is 0 Å². The second-order valence-corrected chi connectivity index (χ2v) is 1.76. The molecule has 0 spiro atoms.